The van der Waals surface area contributed by atoms with Gasteiger partial charge in [0, 0.05) is 24.6 Å². The van der Waals surface area contributed by atoms with Crippen LogP contribution >= 0.6 is 0 Å². The second-order valence-corrected chi connectivity index (χ2v) is 16.3. The topological polar surface area (TPSA) is 183 Å². The highest BCUT2D eigenvalue weighted by Gasteiger charge is 2.39. The van der Waals surface area contributed by atoms with Gasteiger partial charge in [-0.2, -0.15) is 8.78 Å². The number of methoxy groups -OCH3 is 2. The maximum atomic E-state index is 14.3. The normalized spacial score (nSPS) is 14.4. The molecule has 0 aliphatic heterocycles. The first kappa shape index (κ1) is 40.2. The third-order valence-corrected chi connectivity index (χ3v) is 10.7. The summed E-state index contributed by atoms with van der Waals surface area (Å²) in [5, 5.41) is -1.86. The summed E-state index contributed by atoms with van der Waals surface area (Å²) < 4.78 is 128. The van der Waals surface area contributed by atoms with Crippen LogP contribution in [0.25, 0.3) is 21.8 Å². The molecule has 54 heavy (non-hydrogen) atoms. The van der Waals surface area contributed by atoms with Crippen LogP contribution < -0.4 is 20.3 Å². The summed E-state index contributed by atoms with van der Waals surface area (Å²) in [4.78, 5) is 50.6. The zero-order chi connectivity index (χ0) is 40.2. The van der Waals surface area contributed by atoms with E-state index in [4.69, 9.17) is 18.9 Å². The summed E-state index contributed by atoms with van der Waals surface area (Å²) in [6.45, 7) is 2.81. The van der Waals surface area contributed by atoms with Gasteiger partial charge >= 0.3 is 11.9 Å². The SMILES string of the molecule is CCOC(=O)c1c(S(C)(=O)=O)n(C2CC2)c2c(OC)c(F)c(F)cc2c1=O.CCOC(=O)c1c(S(C)(=O)=O)n(C2CC2)c2c(OC)c(F)c(F)cc2c1=O. The summed E-state index contributed by atoms with van der Waals surface area (Å²) in [6.07, 6.45) is 3.86. The van der Waals surface area contributed by atoms with Gasteiger partial charge < -0.3 is 28.1 Å². The van der Waals surface area contributed by atoms with Crippen LogP contribution in [0.15, 0.2) is 31.8 Å². The number of hydrogen-bond acceptors (Lipinski definition) is 12. The van der Waals surface area contributed by atoms with Crippen molar-refractivity contribution in [3.63, 3.8) is 0 Å². The molecule has 0 atom stereocenters. The maximum absolute atomic E-state index is 14.3. The Morgan fingerprint density at radius 3 is 1.22 bits per heavy atom. The van der Waals surface area contributed by atoms with Gasteiger partial charge in [0.15, 0.2) is 52.9 Å². The summed E-state index contributed by atoms with van der Waals surface area (Å²) in [6, 6.07) is 0.487. The second-order valence-electron chi connectivity index (χ2n) is 12.4. The van der Waals surface area contributed by atoms with E-state index >= 15 is 0 Å². The molecular formula is C34H34F4N2O12S2. The van der Waals surface area contributed by atoms with Crippen LogP contribution in [-0.2, 0) is 29.1 Å². The Balaban J connectivity index is 0.000000208. The van der Waals surface area contributed by atoms with Crippen molar-refractivity contribution < 1.29 is 62.9 Å². The number of aromatic nitrogens is 2. The third-order valence-electron chi connectivity index (χ3n) is 8.48. The Kier molecular flexibility index (Phi) is 10.9. The molecule has 4 aromatic rings. The molecule has 2 aromatic heterocycles. The number of carbonyl (C=O) groups is 2. The molecule has 14 nitrogen and oxygen atoms in total. The number of nitrogens with zero attached hydrogens (tertiary/aromatic N) is 2. The predicted molar refractivity (Wildman–Crippen MR) is 184 cm³/mol. The highest BCUT2D eigenvalue weighted by molar-refractivity contribution is 7.91. The molecular weight excluding hydrogens is 769 g/mol. The van der Waals surface area contributed by atoms with Gasteiger partial charge in [0.2, 0.25) is 22.5 Å². The van der Waals surface area contributed by atoms with Gasteiger partial charge in [0.25, 0.3) is 0 Å². The van der Waals surface area contributed by atoms with E-state index in [1.807, 2.05) is 0 Å². The molecule has 0 bridgehead atoms. The van der Waals surface area contributed by atoms with Crippen molar-refractivity contribution in [3.8, 4) is 11.5 Å². The Morgan fingerprint density at radius 1 is 0.667 bits per heavy atom. The zero-order valence-electron chi connectivity index (χ0n) is 29.7. The first-order chi connectivity index (χ1) is 25.3. The fourth-order valence-electron chi connectivity index (χ4n) is 6.15. The highest BCUT2D eigenvalue weighted by atomic mass is 32.2. The molecule has 2 aliphatic carbocycles. The lowest BCUT2D eigenvalue weighted by molar-refractivity contribution is 0.0509. The van der Waals surface area contributed by atoms with Gasteiger partial charge in [-0.05, 0) is 51.7 Å². The lowest BCUT2D eigenvalue weighted by Crippen LogP contribution is -2.28. The van der Waals surface area contributed by atoms with Crippen molar-refractivity contribution in [1.29, 1.82) is 0 Å². The van der Waals surface area contributed by atoms with E-state index in [0.717, 1.165) is 26.7 Å². The fraction of sp³-hybridized carbons (Fsp3) is 0.412. The molecule has 2 saturated carbocycles. The molecule has 20 heteroatoms. The summed E-state index contributed by atoms with van der Waals surface area (Å²) in [5.74, 6) is -8.83. The lowest BCUT2D eigenvalue weighted by atomic mass is 10.1. The number of rotatable bonds is 10. The Bertz CT molecular complexity index is 2420. The number of pyridine rings is 2. The number of halogens is 4. The average molecular weight is 803 g/mol. The van der Waals surface area contributed by atoms with E-state index in [9.17, 15) is 53.6 Å². The monoisotopic (exact) mass is 802 g/mol. The number of sulfone groups is 2. The largest absolute Gasteiger partial charge is 0.491 e. The standard InChI is InChI=1S/2C17H17F2NO6S/c2*1-4-26-17(22)11-14(21)9-7-10(18)12(19)15(25-2)13(9)20(8-5-6-8)16(11)27(3,23)24/h2*7-8H,4-6H2,1-3H3. The van der Waals surface area contributed by atoms with E-state index in [1.165, 1.54) is 23.0 Å². The van der Waals surface area contributed by atoms with Crippen LogP contribution in [0.3, 0.4) is 0 Å². The summed E-state index contributed by atoms with van der Waals surface area (Å²) in [5.41, 5.74) is -3.94. The van der Waals surface area contributed by atoms with Crippen LogP contribution in [0.2, 0.25) is 0 Å². The van der Waals surface area contributed by atoms with Gasteiger partial charge in [0.1, 0.15) is 11.1 Å². The molecule has 0 radical (unpaired) electrons. The van der Waals surface area contributed by atoms with Crippen LogP contribution in [0.5, 0.6) is 11.5 Å². The van der Waals surface area contributed by atoms with E-state index in [0.29, 0.717) is 37.8 Å². The number of ether oxygens (including phenoxy) is 4. The second kappa shape index (κ2) is 14.7. The molecule has 0 saturated heterocycles. The average Bonchev–Trinajstić information content (AvgIpc) is 4.01. The molecule has 2 heterocycles. The third kappa shape index (κ3) is 7.03. The molecule has 0 amide bonds. The molecule has 0 N–H and O–H groups in total. The quantitative estimate of drug-likeness (QED) is 0.163. The highest BCUT2D eigenvalue weighted by Crippen LogP contribution is 2.44. The maximum Gasteiger partial charge on any atom is 0.345 e. The number of carbonyl (C=O) groups excluding carboxylic acids is 2. The zero-order valence-corrected chi connectivity index (χ0v) is 31.3. The fourth-order valence-corrected chi connectivity index (χ4v) is 8.44. The van der Waals surface area contributed by atoms with Crippen molar-refractivity contribution >= 4 is 53.4 Å². The number of fused-ring (bicyclic) bond motifs is 2. The van der Waals surface area contributed by atoms with E-state index in [2.05, 4.69) is 0 Å². The Hall–Kier alpha value is -4.98. The first-order valence-electron chi connectivity index (χ1n) is 16.3. The molecule has 0 unspecified atom stereocenters. The summed E-state index contributed by atoms with van der Waals surface area (Å²) in [7, 11) is -6.04. The van der Waals surface area contributed by atoms with Crippen LogP contribution in [-0.4, -0.2) is 77.9 Å². The van der Waals surface area contributed by atoms with E-state index in [-0.39, 0.29) is 35.0 Å². The minimum Gasteiger partial charge on any atom is -0.491 e. The minimum absolute atomic E-state index is 0.0932. The van der Waals surface area contributed by atoms with Crippen molar-refractivity contribution in [2.24, 2.45) is 0 Å². The van der Waals surface area contributed by atoms with Gasteiger partial charge in [0.05, 0.1) is 49.2 Å². The number of benzene rings is 2. The molecule has 2 aromatic carbocycles. The number of esters is 2. The van der Waals surface area contributed by atoms with Crippen molar-refractivity contribution in [2.75, 3.05) is 39.9 Å². The lowest BCUT2D eigenvalue weighted by Gasteiger charge is -2.20. The molecule has 292 valence electrons. The molecule has 2 fully saturated rings. The van der Waals surface area contributed by atoms with Gasteiger partial charge in [-0.1, -0.05) is 0 Å². The van der Waals surface area contributed by atoms with Crippen molar-refractivity contribution in [2.45, 2.75) is 61.7 Å². The Morgan fingerprint density at radius 2 is 0.981 bits per heavy atom. The molecule has 6 rings (SSSR count). The first-order valence-corrected chi connectivity index (χ1v) is 20.1. The van der Waals surface area contributed by atoms with Crippen LogP contribution in [0, 0.1) is 23.3 Å². The predicted octanol–water partition coefficient (Wildman–Crippen LogP) is 4.41. The van der Waals surface area contributed by atoms with Gasteiger partial charge in [-0.25, -0.2) is 35.2 Å². The van der Waals surface area contributed by atoms with Gasteiger partial charge in [-0.3, -0.25) is 9.59 Å². The van der Waals surface area contributed by atoms with Crippen LogP contribution in [0.4, 0.5) is 17.6 Å². The van der Waals surface area contributed by atoms with Crippen LogP contribution in [0.1, 0.15) is 72.3 Å². The smallest absolute Gasteiger partial charge is 0.345 e. The number of hydrogen-bond donors (Lipinski definition) is 0. The molecule has 2 aliphatic rings. The Labute approximate surface area is 305 Å². The van der Waals surface area contributed by atoms with Crippen molar-refractivity contribution in [3.05, 3.63) is 67.0 Å². The van der Waals surface area contributed by atoms with Gasteiger partial charge in [-0.15, -0.1) is 0 Å². The summed E-state index contributed by atoms with van der Waals surface area (Å²) >= 11 is 0. The van der Waals surface area contributed by atoms with E-state index < -0.39 is 111 Å². The van der Waals surface area contributed by atoms with E-state index in [1.54, 1.807) is 0 Å². The minimum atomic E-state index is -4.10. The molecule has 0 spiro atoms. The van der Waals surface area contributed by atoms with Crippen molar-refractivity contribution in [1.82, 2.24) is 9.13 Å².